The molecule has 2 amide bonds. The zero-order valence-corrected chi connectivity index (χ0v) is 7.51. The van der Waals surface area contributed by atoms with Gasteiger partial charge in [-0.2, -0.15) is 0 Å². The van der Waals surface area contributed by atoms with Gasteiger partial charge in [0.2, 0.25) is 0 Å². The van der Waals surface area contributed by atoms with Crippen molar-refractivity contribution in [2.75, 3.05) is 20.7 Å². The normalized spacial score (nSPS) is 11.0. The van der Waals surface area contributed by atoms with Gasteiger partial charge in [0.1, 0.15) is 0 Å². The van der Waals surface area contributed by atoms with Crippen LogP contribution in [0.2, 0.25) is 0 Å². The SMILES string of the molecule is CNC(=O)N(C)C(C)(C)CO. The first-order chi connectivity index (χ1) is 4.95. The quantitative estimate of drug-likeness (QED) is 0.598. The molecule has 0 rings (SSSR count). The number of likely N-dealkylation sites (N-methyl/N-ethyl adjacent to an activating group) is 1. The van der Waals surface area contributed by atoms with Gasteiger partial charge >= 0.3 is 6.03 Å². The second kappa shape index (κ2) is 3.57. The summed E-state index contributed by atoms with van der Waals surface area (Å²) in [6.07, 6.45) is 0. The molecular weight excluding hydrogens is 144 g/mol. The maximum absolute atomic E-state index is 11.0. The standard InChI is InChI=1S/C7H16N2O2/c1-7(2,5-10)9(4)6(11)8-3/h10H,5H2,1-4H3,(H,8,11). The highest BCUT2D eigenvalue weighted by atomic mass is 16.3. The fraction of sp³-hybridized carbons (Fsp3) is 0.857. The lowest BCUT2D eigenvalue weighted by atomic mass is 10.1. The molecule has 0 atom stereocenters. The van der Waals surface area contributed by atoms with E-state index in [0.29, 0.717) is 0 Å². The average Bonchev–Trinajstić information content (AvgIpc) is 2.01. The number of nitrogens with one attached hydrogen (secondary N) is 1. The zero-order chi connectivity index (χ0) is 9.07. The molecule has 0 aromatic carbocycles. The van der Waals surface area contributed by atoms with Gasteiger partial charge in [-0.1, -0.05) is 0 Å². The summed E-state index contributed by atoms with van der Waals surface area (Å²) >= 11 is 0. The van der Waals surface area contributed by atoms with Crippen LogP contribution in [0.25, 0.3) is 0 Å². The number of aliphatic hydroxyl groups excluding tert-OH is 1. The van der Waals surface area contributed by atoms with Crippen LogP contribution in [0.1, 0.15) is 13.8 Å². The van der Waals surface area contributed by atoms with Crippen molar-refractivity contribution < 1.29 is 9.90 Å². The summed E-state index contributed by atoms with van der Waals surface area (Å²) in [6, 6.07) is -0.191. The largest absolute Gasteiger partial charge is 0.394 e. The van der Waals surface area contributed by atoms with Crippen molar-refractivity contribution in [1.82, 2.24) is 10.2 Å². The van der Waals surface area contributed by atoms with Gasteiger partial charge in [-0.15, -0.1) is 0 Å². The van der Waals surface area contributed by atoms with Crippen molar-refractivity contribution in [3.63, 3.8) is 0 Å². The van der Waals surface area contributed by atoms with Gasteiger partial charge in [-0.3, -0.25) is 0 Å². The Morgan fingerprint density at radius 3 is 2.36 bits per heavy atom. The zero-order valence-electron chi connectivity index (χ0n) is 7.51. The van der Waals surface area contributed by atoms with Crippen LogP contribution in [-0.4, -0.2) is 42.3 Å². The summed E-state index contributed by atoms with van der Waals surface area (Å²) in [7, 11) is 3.21. The maximum atomic E-state index is 11.0. The molecule has 0 aliphatic carbocycles. The van der Waals surface area contributed by atoms with Gasteiger partial charge in [0.15, 0.2) is 0 Å². The van der Waals surface area contributed by atoms with Crippen LogP contribution in [0, 0.1) is 0 Å². The minimum atomic E-state index is -0.500. The Labute approximate surface area is 67.2 Å². The van der Waals surface area contributed by atoms with E-state index in [1.54, 1.807) is 27.9 Å². The van der Waals surface area contributed by atoms with Crippen LogP contribution in [-0.2, 0) is 0 Å². The average molecular weight is 160 g/mol. The highest BCUT2D eigenvalue weighted by Gasteiger charge is 2.25. The molecule has 0 bridgehead atoms. The van der Waals surface area contributed by atoms with Gasteiger partial charge in [-0.25, -0.2) is 4.79 Å². The van der Waals surface area contributed by atoms with Gasteiger partial charge in [0, 0.05) is 14.1 Å². The van der Waals surface area contributed by atoms with Gasteiger partial charge in [0.05, 0.1) is 12.1 Å². The van der Waals surface area contributed by atoms with E-state index >= 15 is 0 Å². The number of hydrogen-bond donors (Lipinski definition) is 2. The van der Waals surface area contributed by atoms with Crippen LogP contribution in [0.5, 0.6) is 0 Å². The van der Waals surface area contributed by atoms with E-state index < -0.39 is 5.54 Å². The lowest BCUT2D eigenvalue weighted by Crippen LogP contribution is -2.50. The first kappa shape index (κ1) is 10.2. The summed E-state index contributed by atoms with van der Waals surface area (Å²) in [5, 5.41) is 11.4. The van der Waals surface area contributed by atoms with Gasteiger partial charge in [0.25, 0.3) is 0 Å². The topological polar surface area (TPSA) is 52.6 Å². The number of aliphatic hydroxyl groups is 1. The lowest BCUT2D eigenvalue weighted by Gasteiger charge is -2.33. The Hall–Kier alpha value is -0.770. The fourth-order valence-electron chi connectivity index (χ4n) is 0.549. The summed E-state index contributed by atoms with van der Waals surface area (Å²) in [5.41, 5.74) is -0.500. The molecule has 4 heteroatoms. The Morgan fingerprint density at radius 1 is 1.64 bits per heavy atom. The van der Waals surface area contributed by atoms with Crippen LogP contribution in [0.4, 0.5) is 4.79 Å². The molecule has 0 saturated carbocycles. The Bertz CT molecular complexity index is 145. The molecule has 0 unspecified atom stereocenters. The number of rotatable bonds is 2. The number of hydrogen-bond acceptors (Lipinski definition) is 2. The maximum Gasteiger partial charge on any atom is 0.317 e. The molecule has 11 heavy (non-hydrogen) atoms. The predicted molar refractivity (Wildman–Crippen MR) is 43.4 cm³/mol. The molecule has 0 radical (unpaired) electrons. The number of urea groups is 1. The second-order valence-electron chi connectivity index (χ2n) is 3.08. The Kier molecular flexibility index (Phi) is 3.32. The second-order valence-corrected chi connectivity index (χ2v) is 3.08. The molecule has 0 fully saturated rings. The first-order valence-corrected chi connectivity index (χ1v) is 3.52. The first-order valence-electron chi connectivity index (χ1n) is 3.52. The van der Waals surface area contributed by atoms with Crippen LogP contribution < -0.4 is 5.32 Å². The third-order valence-corrected chi connectivity index (χ3v) is 1.81. The highest BCUT2D eigenvalue weighted by Crippen LogP contribution is 2.10. The number of carbonyl (C=O) groups is 1. The summed E-state index contributed by atoms with van der Waals surface area (Å²) in [5.74, 6) is 0. The molecule has 0 aromatic heterocycles. The van der Waals surface area contributed by atoms with E-state index in [4.69, 9.17) is 5.11 Å². The molecule has 0 saturated heterocycles. The summed E-state index contributed by atoms with van der Waals surface area (Å²) in [6.45, 7) is 3.54. The minimum Gasteiger partial charge on any atom is -0.394 e. The lowest BCUT2D eigenvalue weighted by molar-refractivity contribution is 0.0985. The van der Waals surface area contributed by atoms with Crippen molar-refractivity contribution in [1.29, 1.82) is 0 Å². The Balaban J connectivity index is 4.22. The molecular formula is C7H16N2O2. The van der Waals surface area contributed by atoms with Crippen molar-refractivity contribution in [3.8, 4) is 0 Å². The third-order valence-electron chi connectivity index (χ3n) is 1.81. The van der Waals surface area contributed by atoms with Crippen molar-refractivity contribution in [2.45, 2.75) is 19.4 Å². The van der Waals surface area contributed by atoms with Crippen LogP contribution in [0.15, 0.2) is 0 Å². The van der Waals surface area contributed by atoms with E-state index in [0.717, 1.165) is 0 Å². The van der Waals surface area contributed by atoms with Crippen LogP contribution >= 0.6 is 0 Å². The molecule has 4 nitrogen and oxygen atoms in total. The van der Waals surface area contributed by atoms with Crippen molar-refractivity contribution in [2.24, 2.45) is 0 Å². The summed E-state index contributed by atoms with van der Waals surface area (Å²) < 4.78 is 0. The molecule has 0 aliphatic heterocycles. The molecule has 0 heterocycles. The van der Waals surface area contributed by atoms with Crippen molar-refractivity contribution in [3.05, 3.63) is 0 Å². The molecule has 0 aromatic rings. The van der Waals surface area contributed by atoms with E-state index in [-0.39, 0.29) is 12.6 Å². The molecule has 66 valence electrons. The molecule has 0 aliphatic rings. The van der Waals surface area contributed by atoms with Crippen molar-refractivity contribution >= 4 is 6.03 Å². The number of nitrogens with zero attached hydrogens (tertiary/aromatic N) is 1. The van der Waals surface area contributed by atoms with E-state index in [1.165, 1.54) is 4.90 Å². The predicted octanol–water partition coefficient (Wildman–Crippen LogP) is 0.0285. The monoisotopic (exact) mass is 160 g/mol. The van der Waals surface area contributed by atoms with Gasteiger partial charge < -0.3 is 15.3 Å². The third kappa shape index (κ3) is 2.38. The van der Waals surface area contributed by atoms with E-state index in [2.05, 4.69) is 5.32 Å². The Morgan fingerprint density at radius 2 is 2.09 bits per heavy atom. The molecule has 0 spiro atoms. The fourth-order valence-corrected chi connectivity index (χ4v) is 0.549. The van der Waals surface area contributed by atoms with Crippen LogP contribution in [0.3, 0.4) is 0 Å². The smallest absolute Gasteiger partial charge is 0.317 e. The number of amides is 2. The minimum absolute atomic E-state index is 0.0447. The molecule has 2 N–H and O–H groups in total. The summed E-state index contributed by atoms with van der Waals surface area (Å²) in [4.78, 5) is 12.5. The number of carbonyl (C=O) groups excluding carboxylic acids is 1. The highest BCUT2D eigenvalue weighted by molar-refractivity contribution is 5.74. The van der Waals surface area contributed by atoms with Gasteiger partial charge in [-0.05, 0) is 13.8 Å². The van der Waals surface area contributed by atoms with E-state index in [9.17, 15) is 4.79 Å². The van der Waals surface area contributed by atoms with E-state index in [1.807, 2.05) is 0 Å².